The zero-order valence-corrected chi connectivity index (χ0v) is 23.6. The zero-order valence-electron chi connectivity index (χ0n) is 23.6. The molecule has 220 valence electrons. The molecule has 0 amide bonds. The summed E-state index contributed by atoms with van der Waals surface area (Å²) in [5, 5.41) is 44.7. The molecule has 9 nitrogen and oxygen atoms in total. The van der Waals surface area contributed by atoms with Crippen molar-refractivity contribution in [1.29, 1.82) is 0 Å². The molecule has 5 fully saturated rings. The average molecular weight is 551 g/mol. The molecule has 4 aliphatic carbocycles. The van der Waals surface area contributed by atoms with Crippen LogP contribution in [0.15, 0.2) is 11.6 Å². The van der Waals surface area contributed by atoms with E-state index in [0.29, 0.717) is 18.3 Å². The van der Waals surface area contributed by atoms with E-state index >= 15 is 0 Å². The largest absolute Gasteiger partial charge is 0.458 e. The normalized spacial score (nSPS) is 55.3. The topological polar surface area (TPSA) is 135 Å². The summed E-state index contributed by atoms with van der Waals surface area (Å²) in [7, 11) is 1.48. The first-order chi connectivity index (χ1) is 18.4. The molecule has 6 rings (SSSR count). The summed E-state index contributed by atoms with van der Waals surface area (Å²) >= 11 is 0. The van der Waals surface area contributed by atoms with Crippen LogP contribution in [0.4, 0.5) is 0 Å². The number of rotatable bonds is 4. The molecule has 0 aromatic carbocycles. The number of cyclic esters (lactones) is 1. The van der Waals surface area contributed by atoms with Crippen molar-refractivity contribution in [3.05, 3.63) is 11.6 Å². The van der Waals surface area contributed by atoms with Gasteiger partial charge in [0.25, 0.3) is 0 Å². The number of carbonyl (C=O) groups excluding carboxylic acids is 1. The van der Waals surface area contributed by atoms with Crippen LogP contribution in [0.5, 0.6) is 0 Å². The fourth-order valence-electron chi connectivity index (χ4n) is 10.2. The van der Waals surface area contributed by atoms with Gasteiger partial charge in [-0.05, 0) is 80.6 Å². The summed E-state index contributed by atoms with van der Waals surface area (Å²) < 4.78 is 22.7. The molecule has 0 radical (unpaired) electrons. The first kappa shape index (κ1) is 28.1. The second-order valence-corrected chi connectivity index (χ2v) is 13.9. The lowest BCUT2D eigenvalue weighted by atomic mass is 9.43. The fraction of sp³-hybridized carbons (Fsp3) is 0.900. The van der Waals surface area contributed by atoms with Crippen LogP contribution in [-0.4, -0.2) is 88.6 Å². The maximum Gasteiger partial charge on any atom is 0.331 e. The summed E-state index contributed by atoms with van der Waals surface area (Å²) in [6.07, 6.45) is 3.40. The van der Waals surface area contributed by atoms with Crippen molar-refractivity contribution in [2.45, 2.75) is 121 Å². The van der Waals surface area contributed by atoms with Gasteiger partial charge in [0.1, 0.15) is 24.9 Å². The summed E-state index contributed by atoms with van der Waals surface area (Å²) in [5.74, 6) is 0.260. The minimum Gasteiger partial charge on any atom is -0.458 e. The van der Waals surface area contributed by atoms with Crippen molar-refractivity contribution in [3.63, 3.8) is 0 Å². The summed E-state index contributed by atoms with van der Waals surface area (Å²) in [6.45, 7) is 6.48. The van der Waals surface area contributed by atoms with E-state index in [1.807, 2.05) is 0 Å². The van der Waals surface area contributed by atoms with Crippen molar-refractivity contribution in [2.24, 2.45) is 34.5 Å². The highest BCUT2D eigenvalue weighted by atomic mass is 16.7. The molecule has 0 spiro atoms. The van der Waals surface area contributed by atoms with Gasteiger partial charge < -0.3 is 39.4 Å². The van der Waals surface area contributed by atoms with Gasteiger partial charge in [0.05, 0.1) is 23.9 Å². The van der Waals surface area contributed by atoms with E-state index in [9.17, 15) is 25.2 Å². The second-order valence-electron chi connectivity index (χ2n) is 13.9. The van der Waals surface area contributed by atoms with Crippen LogP contribution in [0.3, 0.4) is 0 Å². The summed E-state index contributed by atoms with van der Waals surface area (Å²) in [4.78, 5) is 11.8. The Hall–Kier alpha value is -1.07. The van der Waals surface area contributed by atoms with Crippen molar-refractivity contribution in [3.8, 4) is 0 Å². The number of ether oxygens (including phenoxy) is 4. The van der Waals surface area contributed by atoms with E-state index in [0.717, 1.165) is 50.5 Å². The van der Waals surface area contributed by atoms with E-state index in [1.54, 1.807) is 6.92 Å². The Kier molecular flexibility index (Phi) is 7.02. The SMILES string of the molecule is CO[C@H]1[C@@H](O)[C@@H](C)OC(OC2CCC3(C)C(CCC4C3CCC3(C)C(C5=CC(=O)OC5)C(O)CC43O)C2)[C@@H]1O. The third-order valence-corrected chi connectivity index (χ3v) is 12.3. The van der Waals surface area contributed by atoms with Crippen LogP contribution >= 0.6 is 0 Å². The maximum atomic E-state index is 12.4. The quantitative estimate of drug-likeness (QED) is 0.307. The summed E-state index contributed by atoms with van der Waals surface area (Å²) in [5.41, 5.74) is -0.601. The van der Waals surface area contributed by atoms with Gasteiger partial charge in [-0.1, -0.05) is 13.8 Å². The molecule has 39 heavy (non-hydrogen) atoms. The van der Waals surface area contributed by atoms with Crippen LogP contribution < -0.4 is 0 Å². The molecule has 10 unspecified atom stereocenters. The van der Waals surface area contributed by atoms with Gasteiger partial charge in [-0.3, -0.25) is 0 Å². The highest BCUT2D eigenvalue weighted by Crippen LogP contribution is 2.70. The Labute approximate surface area is 230 Å². The number of esters is 1. The lowest BCUT2D eigenvalue weighted by Crippen LogP contribution is -2.62. The predicted octanol–water partition coefficient (Wildman–Crippen LogP) is 2.08. The van der Waals surface area contributed by atoms with Gasteiger partial charge in [0.2, 0.25) is 0 Å². The highest BCUT2D eigenvalue weighted by molar-refractivity contribution is 5.85. The third kappa shape index (κ3) is 4.09. The van der Waals surface area contributed by atoms with Crippen LogP contribution in [0.25, 0.3) is 0 Å². The Morgan fingerprint density at radius 1 is 1.03 bits per heavy atom. The van der Waals surface area contributed by atoms with Gasteiger partial charge in [-0.25, -0.2) is 4.79 Å². The fourth-order valence-corrected chi connectivity index (χ4v) is 10.2. The van der Waals surface area contributed by atoms with Crippen LogP contribution in [0.1, 0.15) is 72.1 Å². The lowest BCUT2D eigenvalue weighted by molar-refractivity contribution is -0.313. The Morgan fingerprint density at radius 3 is 2.49 bits per heavy atom. The van der Waals surface area contributed by atoms with Gasteiger partial charge in [0, 0.05) is 30.9 Å². The molecule has 4 N–H and O–H groups in total. The average Bonchev–Trinajstić information content (AvgIpc) is 3.39. The molecule has 2 aliphatic heterocycles. The molecule has 0 bridgehead atoms. The Balaban J connectivity index is 1.17. The number of hydrogen-bond acceptors (Lipinski definition) is 9. The first-order valence-corrected chi connectivity index (χ1v) is 14.9. The Morgan fingerprint density at radius 2 is 1.79 bits per heavy atom. The number of aliphatic hydroxyl groups excluding tert-OH is 3. The monoisotopic (exact) mass is 550 g/mol. The van der Waals surface area contributed by atoms with Crippen LogP contribution in [0.2, 0.25) is 0 Å². The van der Waals surface area contributed by atoms with Crippen LogP contribution in [0, 0.1) is 34.5 Å². The van der Waals surface area contributed by atoms with Crippen LogP contribution in [-0.2, 0) is 23.7 Å². The van der Waals surface area contributed by atoms with Crippen molar-refractivity contribution < 1.29 is 44.2 Å². The van der Waals surface area contributed by atoms with E-state index < -0.39 is 47.8 Å². The van der Waals surface area contributed by atoms with Gasteiger partial charge in [-0.2, -0.15) is 0 Å². The van der Waals surface area contributed by atoms with Gasteiger partial charge in [0.15, 0.2) is 6.29 Å². The van der Waals surface area contributed by atoms with E-state index in [2.05, 4.69) is 13.8 Å². The lowest BCUT2D eigenvalue weighted by Gasteiger charge is -2.63. The molecular formula is C30H46O9. The molecule has 0 aromatic rings. The van der Waals surface area contributed by atoms with Gasteiger partial charge in [-0.15, -0.1) is 0 Å². The predicted molar refractivity (Wildman–Crippen MR) is 139 cm³/mol. The number of carbonyl (C=O) groups is 1. The van der Waals surface area contributed by atoms with E-state index in [4.69, 9.17) is 18.9 Å². The number of hydrogen-bond donors (Lipinski definition) is 4. The highest BCUT2D eigenvalue weighted by Gasteiger charge is 2.70. The van der Waals surface area contributed by atoms with E-state index in [-0.39, 0.29) is 35.9 Å². The van der Waals surface area contributed by atoms with Gasteiger partial charge >= 0.3 is 5.97 Å². The molecule has 4 saturated carbocycles. The zero-order chi connectivity index (χ0) is 27.9. The molecule has 0 aromatic heterocycles. The molecule has 9 heteroatoms. The first-order valence-electron chi connectivity index (χ1n) is 14.9. The maximum absolute atomic E-state index is 12.4. The Bertz CT molecular complexity index is 1000. The van der Waals surface area contributed by atoms with Crippen molar-refractivity contribution >= 4 is 5.97 Å². The summed E-state index contributed by atoms with van der Waals surface area (Å²) in [6, 6.07) is 0. The van der Waals surface area contributed by atoms with E-state index in [1.165, 1.54) is 13.2 Å². The minimum atomic E-state index is -1.06. The molecular weight excluding hydrogens is 504 g/mol. The third-order valence-electron chi connectivity index (χ3n) is 12.3. The molecule has 2 heterocycles. The van der Waals surface area contributed by atoms with Crippen molar-refractivity contribution in [1.82, 2.24) is 0 Å². The molecule has 6 aliphatic rings. The number of aliphatic hydroxyl groups is 4. The smallest absolute Gasteiger partial charge is 0.331 e. The standard InChI is InChI=1S/C30H46O9/c1-15-24(33)26(36-4)25(34)27(38-15)39-18-7-9-28(2)17(12-18)5-6-20-19(28)8-10-29(3)23(16-11-22(32)37-14-16)21(31)13-30(20,29)35/h11,15,17-21,23-27,31,33-35H,5-10,12-14H2,1-4H3/t15-,17?,18?,19?,20?,21?,23?,24+,25-,26+,27?,28?,29?,30?/m1/s1. The number of fused-ring (bicyclic) bond motifs is 5. The second kappa shape index (κ2) is 9.75. The molecule has 14 atom stereocenters. The minimum absolute atomic E-state index is 0.0547. The molecule has 1 saturated heterocycles. The van der Waals surface area contributed by atoms with Crippen molar-refractivity contribution in [2.75, 3.05) is 13.7 Å². The number of methoxy groups -OCH3 is 1.